The van der Waals surface area contributed by atoms with Crippen LogP contribution in [-0.4, -0.2) is 55.0 Å². The van der Waals surface area contributed by atoms with E-state index in [1.54, 1.807) is 25.3 Å². The average Bonchev–Trinajstić information content (AvgIpc) is 3.19. The van der Waals surface area contributed by atoms with E-state index in [2.05, 4.69) is 11.4 Å². The highest BCUT2D eigenvalue weighted by Gasteiger charge is 2.43. The molecule has 7 heteroatoms. The molecule has 2 saturated heterocycles. The topological polar surface area (TPSA) is 61.9 Å². The molecule has 0 aliphatic carbocycles. The molecule has 0 aromatic heterocycles. The first-order chi connectivity index (χ1) is 15.3. The van der Waals surface area contributed by atoms with Gasteiger partial charge in [0.15, 0.2) is 0 Å². The maximum atomic E-state index is 13.1. The van der Waals surface area contributed by atoms with Crippen molar-refractivity contribution in [2.24, 2.45) is 5.41 Å². The minimum Gasteiger partial charge on any atom is -0.496 e. The lowest BCUT2D eigenvalue weighted by atomic mass is 9.78. The minimum absolute atomic E-state index is 0.0451. The number of halogens is 1. The van der Waals surface area contributed by atoms with Gasteiger partial charge >= 0.3 is 6.03 Å². The van der Waals surface area contributed by atoms with E-state index in [4.69, 9.17) is 16.3 Å². The highest BCUT2D eigenvalue weighted by atomic mass is 35.5. The zero-order valence-corrected chi connectivity index (χ0v) is 19.7. The quantitative estimate of drug-likeness (QED) is 0.698. The second kappa shape index (κ2) is 9.02. The van der Waals surface area contributed by atoms with Crippen molar-refractivity contribution in [3.05, 3.63) is 58.1 Å². The van der Waals surface area contributed by atoms with E-state index in [1.165, 1.54) is 5.56 Å². The van der Waals surface area contributed by atoms with Crippen molar-refractivity contribution < 1.29 is 14.3 Å². The molecule has 6 nitrogen and oxygen atoms in total. The second-order valence-corrected chi connectivity index (χ2v) is 9.49. The molecule has 0 unspecified atom stereocenters. The third-order valence-corrected chi connectivity index (χ3v) is 7.09. The third-order valence-electron chi connectivity index (χ3n) is 6.85. The van der Waals surface area contributed by atoms with Crippen LogP contribution in [0.5, 0.6) is 5.75 Å². The van der Waals surface area contributed by atoms with E-state index < -0.39 is 0 Å². The molecule has 2 aromatic rings. The number of piperidine rings is 1. The Morgan fingerprint density at radius 3 is 2.34 bits per heavy atom. The lowest BCUT2D eigenvalue weighted by Crippen LogP contribution is -2.46. The molecule has 32 heavy (non-hydrogen) atoms. The first-order valence-electron chi connectivity index (χ1n) is 11.1. The number of anilines is 1. The Hall–Kier alpha value is -2.73. The van der Waals surface area contributed by atoms with Gasteiger partial charge in [0, 0.05) is 36.9 Å². The van der Waals surface area contributed by atoms with E-state index in [0.29, 0.717) is 42.5 Å². The molecular formula is C25H30ClN3O3. The number of urea groups is 1. The molecule has 0 bridgehead atoms. The fraction of sp³-hybridized carbons (Fsp3) is 0.440. The molecule has 1 N–H and O–H groups in total. The fourth-order valence-electron chi connectivity index (χ4n) is 4.87. The zero-order valence-electron chi connectivity index (χ0n) is 18.9. The maximum Gasteiger partial charge on any atom is 0.321 e. The number of methoxy groups -OCH3 is 1. The number of carbonyl (C=O) groups is 2. The molecule has 170 valence electrons. The number of amides is 3. The number of rotatable bonds is 3. The van der Waals surface area contributed by atoms with Crippen molar-refractivity contribution in [1.29, 1.82) is 0 Å². The smallest absolute Gasteiger partial charge is 0.321 e. The van der Waals surface area contributed by atoms with E-state index in [0.717, 1.165) is 30.5 Å². The fourth-order valence-corrected chi connectivity index (χ4v) is 5.04. The standard InChI is InChI=1S/C25H30ClN3O3/c1-17-4-6-21(18(2)14-17)27-24(31)28-11-8-25(9-12-28)10-13-29(16-25)23(30)20-15-19(26)5-7-22(20)32-3/h4-7,14-15H,8-13,16H2,1-3H3,(H,27,31). The van der Waals surface area contributed by atoms with Gasteiger partial charge in [0.25, 0.3) is 5.91 Å². The van der Waals surface area contributed by atoms with Crippen molar-refractivity contribution in [2.75, 3.05) is 38.6 Å². The molecule has 2 heterocycles. The molecule has 0 radical (unpaired) electrons. The van der Waals surface area contributed by atoms with Crippen LogP contribution in [0.1, 0.15) is 40.7 Å². The molecule has 1 spiro atoms. The first-order valence-corrected chi connectivity index (χ1v) is 11.4. The zero-order chi connectivity index (χ0) is 22.9. The number of aryl methyl sites for hydroxylation is 2. The molecule has 4 rings (SSSR count). The van der Waals surface area contributed by atoms with Crippen LogP contribution in [0.2, 0.25) is 5.02 Å². The Kier molecular flexibility index (Phi) is 6.33. The van der Waals surface area contributed by atoms with Crippen molar-refractivity contribution in [1.82, 2.24) is 9.80 Å². The molecule has 2 aliphatic heterocycles. The number of hydrogen-bond acceptors (Lipinski definition) is 3. The first kappa shape index (κ1) is 22.5. The van der Waals surface area contributed by atoms with Gasteiger partial charge in [0.05, 0.1) is 12.7 Å². The Morgan fingerprint density at radius 2 is 1.69 bits per heavy atom. The number of likely N-dealkylation sites (tertiary alicyclic amines) is 2. The molecule has 2 aromatic carbocycles. The lowest BCUT2D eigenvalue weighted by molar-refractivity contribution is 0.0736. The normalized spacial score (nSPS) is 17.5. The number of ether oxygens (including phenoxy) is 1. The van der Waals surface area contributed by atoms with Crippen LogP contribution < -0.4 is 10.1 Å². The molecule has 2 fully saturated rings. The van der Waals surface area contributed by atoms with Gasteiger partial charge in [-0.25, -0.2) is 4.79 Å². The number of hydrogen-bond donors (Lipinski definition) is 1. The molecule has 0 saturated carbocycles. The van der Waals surface area contributed by atoms with Gasteiger partial charge in [0.2, 0.25) is 0 Å². The predicted molar refractivity (Wildman–Crippen MR) is 127 cm³/mol. The van der Waals surface area contributed by atoms with Crippen LogP contribution in [0.15, 0.2) is 36.4 Å². The minimum atomic E-state index is -0.0543. The van der Waals surface area contributed by atoms with Crippen LogP contribution in [0.4, 0.5) is 10.5 Å². The molecule has 3 amide bonds. The van der Waals surface area contributed by atoms with E-state index in [9.17, 15) is 9.59 Å². The Morgan fingerprint density at radius 1 is 1.00 bits per heavy atom. The SMILES string of the molecule is COc1ccc(Cl)cc1C(=O)N1CCC2(CCN(C(=O)Nc3ccc(C)cc3C)CC2)C1. The van der Waals surface area contributed by atoms with Crippen LogP contribution in [-0.2, 0) is 0 Å². The van der Waals surface area contributed by atoms with Crippen molar-refractivity contribution in [2.45, 2.75) is 33.1 Å². The van der Waals surface area contributed by atoms with Crippen molar-refractivity contribution in [3.8, 4) is 5.75 Å². The summed E-state index contributed by atoms with van der Waals surface area (Å²) in [6.07, 6.45) is 2.74. The van der Waals surface area contributed by atoms with Gasteiger partial charge in [-0.2, -0.15) is 0 Å². The van der Waals surface area contributed by atoms with Gasteiger partial charge in [0.1, 0.15) is 5.75 Å². The summed E-state index contributed by atoms with van der Waals surface area (Å²) < 4.78 is 5.36. The highest BCUT2D eigenvalue weighted by Crippen LogP contribution is 2.41. The number of nitrogens with zero attached hydrogens (tertiary/aromatic N) is 2. The Balaban J connectivity index is 1.36. The maximum absolute atomic E-state index is 13.1. The van der Waals surface area contributed by atoms with E-state index >= 15 is 0 Å². The van der Waals surface area contributed by atoms with Crippen molar-refractivity contribution in [3.63, 3.8) is 0 Å². The van der Waals surface area contributed by atoms with Gasteiger partial charge < -0.3 is 19.9 Å². The van der Waals surface area contributed by atoms with Crippen LogP contribution in [0.25, 0.3) is 0 Å². The predicted octanol–water partition coefficient (Wildman–Crippen LogP) is 5.13. The number of nitrogens with one attached hydrogen (secondary N) is 1. The lowest BCUT2D eigenvalue weighted by Gasteiger charge is -2.39. The molecule has 2 aliphatic rings. The van der Waals surface area contributed by atoms with E-state index in [1.807, 2.05) is 35.8 Å². The van der Waals surface area contributed by atoms with Crippen molar-refractivity contribution >= 4 is 29.2 Å². The Bertz CT molecular complexity index is 1030. The summed E-state index contributed by atoms with van der Waals surface area (Å²) in [4.78, 5) is 29.7. The van der Waals surface area contributed by atoms with Gasteiger partial charge in [-0.05, 0) is 68.4 Å². The summed E-state index contributed by atoms with van der Waals surface area (Å²) in [6.45, 7) is 6.85. The monoisotopic (exact) mass is 455 g/mol. The molecule has 0 atom stereocenters. The average molecular weight is 456 g/mol. The summed E-state index contributed by atoms with van der Waals surface area (Å²) in [5, 5.41) is 3.57. The van der Waals surface area contributed by atoms with Gasteiger partial charge in [-0.1, -0.05) is 29.3 Å². The van der Waals surface area contributed by atoms with Gasteiger partial charge in [-0.15, -0.1) is 0 Å². The summed E-state index contributed by atoms with van der Waals surface area (Å²) in [5.74, 6) is 0.495. The largest absolute Gasteiger partial charge is 0.496 e. The summed E-state index contributed by atoms with van der Waals surface area (Å²) in [7, 11) is 1.56. The van der Waals surface area contributed by atoms with Crippen LogP contribution in [0, 0.1) is 19.3 Å². The Labute approximate surface area is 194 Å². The van der Waals surface area contributed by atoms with Gasteiger partial charge in [-0.3, -0.25) is 4.79 Å². The van der Waals surface area contributed by atoms with Crippen LogP contribution >= 0.6 is 11.6 Å². The number of carbonyl (C=O) groups excluding carboxylic acids is 2. The summed E-state index contributed by atoms with van der Waals surface area (Å²) in [5.41, 5.74) is 3.67. The molecular weight excluding hydrogens is 426 g/mol. The summed E-state index contributed by atoms with van der Waals surface area (Å²) >= 11 is 6.12. The third kappa shape index (κ3) is 4.56. The number of benzene rings is 2. The van der Waals surface area contributed by atoms with E-state index in [-0.39, 0.29) is 17.4 Å². The second-order valence-electron chi connectivity index (χ2n) is 9.06. The van der Waals surface area contributed by atoms with Crippen LogP contribution in [0.3, 0.4) is 0 Å². The summed E-state index contributed by atoms with van der Waals surface area (Å²) in [6, 6.07) is 11.1. The highest BCUT2D eigenvalue weighted by molar-refractivity contribution is 6.31.